The van der Waals surface area contributed by atoms with Gasteiger partial charge in [0.1, 0.15) is 0 Å². The van der Waals surface area contributed by atoms with Crippen molar-refractivity contribution >= 4 is 0 Å². The van der Waals surface area contributed by atoms with Crippen molar-refractivity contribution in [1.29, 1.82) is 0 Å². The van der Waals surface area contributed by atoms with Crippen molar-refractivity contribution in [2.75, 3.05) is 0 Å². The molecule has 0 radical (unpaired) electrons. The molecule has 12 heavy (non-hydrogen) atoms. The van der Waals surface area contributed by atoms with Crippen LogP contribution in [-0.4, -0.2) is 12.1 Å². The Balaban J connectivity index is 1.66. The van der Waals surface area contributed by atoms with E-state index in [4.69, 9.17) is 0 Å². The van der Waals surface area contributed by atoms with Crippen LogP contribution >= 0.6 is 0 Å². The van der Waals surface area contributed by atoms with Crippen LogP contribution in [0, 0.1) is 5.41 Å². The second kappa shape index (κ2) is 2.47. The Morgan fingerprint density at radius 1 is 0.917 bits per heavy atom. The maximum absolute atomic E-state index is 3.85. The molecule has 1 heteroatoms. The van der Waals surface area contributed by atoms with Gasteiger partial charge in [0.15, 0.2) is 0 Å². The lowest BCUT2D eigenvalue weighted by Crippen LogP contribution is -2.46. The largest absolute Gasteiger partial charge is 0.311 e. The molecular formula is C11H19N. The molecule has 3 aliphatic rings. The molecule has 3 rings (SSSR count). The summed E-state index contributed by atoms with van der Waals surface area (Å²) in [6, 6.07) is 1.84. The molecule has 0 aromatic heterocycles. The molecule has 1 spiro atoms. The second-order valence-corrected chi connectivity index (χ2v) is 5.10. The summed E-state index contributed by atoms with van der Waals surface area (Å²) in [7, 11) is 0. The minimum atomic E-state index is 0.794. The molecule has 0 amide bonds. The van der Waals surface area contributed by atoms with Crippen LogP contribution in [0.25, 0.3) is 0 Å². The van der Waals surface area contributed by atoms with Crippen molar-refractivity contribution in [2.24, 2.45) is 5.41 Å². The highest BCUT2D eigenvalue weighted by molar-refractivity contribution is 5.03. The summed E-state index contributed by atoms with van der Waals surface area (Å²) in [5.74, 6) is 0. The van der Waals surface area contributed by atoms with Gasteiger partial charge in [0.25, 0.3) is 0 Å². The Labute approximate surface area is 74.9 Å². The lowest BCUT2D eigenvalue weighted by Gasteiger charge is -2.44. The first-order valence-electron chi connectivity index (χ1n) is 5.65. The average Bonchev–Trinajstić information content (AvgIpc) is 2.65. The zero-order valence-corrected chi connectivity index (χ0v) is 7.81. The quantitative estimate of drug-likeness (QED) is 0.662. The van der Waals surface area contributed by atoms with Crippen LogP contribution < -0.4 is 5.32 Å². The van der Waals surface area contributed by atoms with Crippen molar-refractivity contribution in [3.8, 4) is 0 Å². The number of hydrogen-bond acceptors (Lipinski definition) is 1. The molecule has 68 valence electrons. The van der Waals surface area contributed by atoms with Gasteiger partial charge < -0.3 is 5.32 Å². The van der Waals surface area contributed by atoms with E-state index >= 15 is 0 Å². The second-order valence-electron chi connectivity index (χ2n) is 5.10. The Bertz CT molecular complexity index is 179. The first kappa shape index (κ1) is 7.37. The van der Waals surface area contributed by atoms with Gasteiger partial charge in [-0.25, -0.2) is 0 Å². The van der Waals surface area contributed by atoms with Crippen LogP contribution in [0.1, 0.15) is 51.4 Å². The van der Waals surface area contributed by atoms with Crippen LogP contribution in [0.3, 0.4) is 0 Å². The molecule has 0 bridgehead atoms. The summed E-state index contributed by atoms with van der Waals surface area (Å²) >= 11 is 0. The fourth-order valence-corrected chi connectivity index (χ4v) is 3.16. The average molecular weight is 165 g/mol. The molecule has 1 nitrogen and oxygen atoms in total. The van der Waals surface area contributed by atoms with E-state index in [1.165, 1.54) is 51.4 Å². The van der Waals surface area contributed by atoms with Crippen LogP contribution in [0.15, 0.2) is 0 Å². The molecule has 0 saturated heterocycles. The van der Waals surface area contributed by atoms with Gasteiger partial charge in [-0.1, -0.05) is 12.8 Å². The highest BCUT2D eigenvalue weighted by Crippen LogP contribution is 2.53. The summed E-state index contributed by atoms with van der Waals surface area (Å²) in [6.07, 6.45) is 11.9. The minimum absolute atomic E-state index is 0.794. The maximum atomic E-state index is 3.85. The van der Waals surface area contributed by atoms with E-state index < -0.39 is 0 Å². The Kier molecular flexibility index (Phi) is 1.52. The molecule has 0 aromatic rings. The Morgan fingerprint density at radius 2 is 1.67 bits per heavy atom. The molecule has 0 heterocycles. The van der Waals surface area contributed by atoms with Gasteiger partial charge in [-0.05, 0) is 43.9 Å². The predicted octanol–water partition coefficient (Wildman–Crippen LogP) is 2.46. The molecule has 3 saturated carbocycles. The fraction of sp³-hybridized carbons (Fsp3) is 1.00. The van der Waals surface area contributed by atoms with Gasteiger partial charge >= 0.3 is 0 Å². The van der Waals surface area contributed by atoms with E-state index in [2.05, 4.69) is 5.32 Å². The van der Waals surface area contributed by atoms with E-state index in [0.717, 1.165) is 17.5 Å². The van der Waals surface area contributed by atoms with Gasteiger partial charge in [-0.2, -0.15) is 0 Å². The molecule has 1 N–H and O–H groups in total. The highest BCUT2D eigenvalue weighted by Gasteiger charge is 2.47. The highest BCUT2D eigenvalue weighted by atomic mass is 15.0. The topological polar surface area (TPSA) is 12.0 Å². The normalized spacial score (nSPS) is 38.5. The lowest BCUT2D eigenvalue weighted by atomic mass is 9.65. The predicted molar refractivity (Wildman–Crippen MR) is 50.1 cm³/mol. The van der Waals surface area contributed by atoms with Gasteiger partial charge in [-0.3, -0.25) is 0 Å². The first-order valence-corrected chi connectivity index (χ1v) is 5.65. The number of nitrogens with one attached hydrogen (secondary N) is 1. The fourth-order valence-electron chi connectivity index (χ4n) is 3.16. The third-order valence-electron chi connectivity index (χ3n) is 4.27. The summed E-state index contributed by atoms with van der Waals surface area (Å²) in [5, 5.41) is 3.85. The van der Waals surface area contributed by atoms with Crippen molar-refractivity contribution < 1.29 is 0 Å². The molecule has 1 unspecified atom stereocenters. The summed E-state index contributed by atoms with van der Waals surface area (Å²) in [5.41, 5.74) is 0.794. The third kappa shape index (κ3) is 1.02. The lowest BCUT2D eigenvalue weighted by molar-refractivity contribution is 0.1000. The molecule has 0 aromatic carbocycles. The van der Waals surface area contributed by atoms with Crippen molar-refractivity contribution in [3.63, 3.8) is 0 Å². The van der Waals surface area contributed by atoms with Crippen molar-refractivity contribution in [3.05, 3.63) is 0 Å². The van der Waals surface area contributed by atoms with Gasteiger partial charge in [0.2, 0.25) is 0 Å². The van der Waals surface area contributed by atoms with Gasteiger partial charge in [-0.15, -0.1) is 0 Å². The molecule has 3 fully saturated rings. The van der Waals surface area contributed by atoms with Crippen LogP contribution in [0.5, 0.6) is 0 Å². The minimum Gasteiger partial charge on any atom is -0.311 e. The zero-order valence-electron chi connectivity index (χ0n) is 7.81. The molecular weight excluding hydrogens is 146 g/mol. The number of hydrogen-bond donors (Lipinski definition) is 1. The maximum Gasteiger partial charge on any atom is 0.0126 e. The van der Waals surface area contributed by atoms with Gasteiger partial charge in [0, 0.05) is 12.1 Å². The Hall–Kier alpha value is -0.0400. The molecule has 0 aliphatic heterocycles. The molecule has 1 atom stereocenters. The van der Waals surface area contributed by atoms with Crippen LogP contribution in [0.4, 0.5) is 0 Å². The van der Waals surface area contributed by atoms with Crippen molar-refractivity contribution in [1.82, 2.24) is 5.32 Å². The molecule has 3 aliphatic carbocycles. The first-order chi connectivity index (χ1) is 5.89. The van der Waals surface area contributed by atoms with E-state index in [1.807, 2.05) is 0 Å². The van der Waals surface area contributed by atoms with E-state index in [0.29, 0.717) is 0 Å². The third-order valence-corrected chi connectivity index (χ3v) is 4.27. The van der Waals surface area contributed by atoms with Crippen LogP contribution in [-0.2, 0) is 0 Å². The summed E-state index contributed by atoms with van der Waals surface area (Å²) in [4.78, 5) is 0. The standard InChI is InChI=1S/C11H19N/c1-3-10(12-9-4-5-9)11(6-1)7-2-8-11/h9-10,12H,1-8H2. The number of rotatable bonds is 2. The summed E-state index contributed by atoms with van der Waals surface area (Å²) in [6.45, 7) is 0. The van der Waals surface area contributed by atoms with Crippen LogP contribution in [0.2, 0.25) is 0 Å². The van der Waals surface area contributed by atoms with Crippen molar-refractivity contribution in [2.45, 2.75) is 63.5 Å². The zero-order chi connectivity index (χ0) is 8.02. The van der Waals surface area contributed by atoms with Gasteiger partial charge in [0.05, 0.1) is 0 Å². The van der Waals surface area contributed by atoms with E-state index in [-0.39, 0.29) is 0 Å². The Morgan fingerprint density at radius 3 is 2.25 bits per heavy atom. The SMILES string of the molecule is C1CC(NC2CC2)C2(C1)CCC2. The van der Waals surface area contributed by atoms with E-state index in [9.17, 15) is 0 Å². The smallest absolute Gasteiger partial charge is 0.0126 e. The summed E-state index contributed by atoms with van der Waals surface area (Å²) < 4.78 is 0. The van der Waals surface area contributed by atoms with E-state index in [1.54, 1.807) is 0 Å². The monoisotopic (exact) mass is 165 g/mol.